The van der Waals surface area contributed by atoms with E-state index < -0.39 is 12.2 Å². The maximum absolute atomic E-state index is 12.1. The minimum absolute atomic E-state index is 0.00938. The van der Waals surface area contributed by atoms with Gasteiger partial charge < -0.3 is 14.9 Å². The largest absolute Gasteiger partial charge is 0.462 e. The lowest BCUT2D eigenvalue weighted by Crippen LogP contribution is -2.67. The van der Waals surface area contributed by atoms with Gasteiger partial charge in [0.05, 0.1) is 12.2 Å². The molecule has 0 aromatic rings. The molecule has 0 bridgehead atoms. The molecule has 5 aliphatic carbocycles. The van der Waals surface area contributed by atoms with Gasteiger partial charge in [0.15, 0.2) is 0 Å². The second-order valence-electron chi connectivity index (χ2n) is 15.1. The van der Waals surface area contributed by atoms with Crippen molar-refractivity contribution in [2.45, 2.75) is 119 Å². The van der Waals surface area contributed by atoms with Gasteiger partial charge >= 0.3 is 5.97 Å². The van der Waals surface area contributed by atoms with Crippen LogP contribution in [0.25, 0.3) is 0 Å². The Balaban J connectivity index is 1.59. The van der Waals surface area contributed by atoms with Gasteiger partial charge in [-0.05, 0) is 89.9 Å². The van der Waals surface area contributed by atoms with Crippen LogP contribution >= 0.6 is 0 Å². The third kappa shape index (κ3) is 3.22. The molecule has 0 amide bonds. The number of hydrogen-bond acceptors (Lipinski definition) is 4. The summed E-state index contributed by atoms with van der Waals surface area (Å²) in [5, 5.41) is 22.8. The van der Waals surface area contributed by atoms with Crippen molar-refractivity contribution in [3.63, 3.8) is 0 Å². The second-order valence-corrected chi connectivity index (χ2v) is 15.1. The highest BCUT2D eigenvalue weighted by Crippen LogP contribution is 2.75. The molecule has 0 heterocycles. The van der Waals surface area contributed by atoms with Crippen LogP contribution in [0.15, 0.2) is 23.8 Å². The predicted molar refractivity (Wildman–Crippen MR) is 143 cm³/mol. The summed E-state index contributed by atoms with van der Waals surface area (Å²) in [6, 6.07) is 0. The molecule has 36 heavy (non-hydrogen) atoms. The third-order valence-corrected chi connectivity index (χ3v) is 13.2. The van der Waals surface area contributed by atoms with Crippen LogP contribution in [0.5, 0.6) is 0 Å². The molecule has 5 aliphatic rings. The Morgan fingerprint density at radius 3 is 2.33 bits per heavy atom. The molecule has 0 aromatic carbocycles. The molecule has 0 aliphatic heterocycles. The molecule has 4 saturated carbocycles. The second kappa shape index (κ2) is 7.94. The normalized spacial score (nSPS) is 53.8. The van der Waals surface area contributed by atoms with Gasteiger partial charge in [-0.3, -0.25) is 4.79 Å². The average molecular weight is 499 g/mol. The van der Waals surface area contributed by atoms with Crippen molar-refractivity contribution in [2.75, 3.05) is 0 Å². The van der Waals surface area contributed by atoms with Gasteiger partial charge in [-0.1, -0.05) is 66.7 Å². The van der Waals surface area contributed by atoms with Crippen molar-refractivity contribution in [2.24, 2.45) is 50.7 Å². The average Bonchev–Trinajstić information content (AvgIpc) is 2.75. The van der Waals surface area contributed by atoms with Crippen molar-refractivity contribution < 1.29 is 19.7 Å². The fourth-order valence-corrected chi connectivity index (χ4v) is 11.2. The Morgan fingerprint density at radius 1 is 1.03 bits per heavy atom. The van der Waals surface area contributed by atoms with Crippen LogP contribution in [0.1, 0.15) is 100 Å². The van der Waals surface area contributed by atoms with E-state index in [1.165, 1.54) is 12.5 Å². The summed E-state index contributed by atoms with van der Waals surface area (Å²) in [5.41, 5.74) is 2.31. The number of rotatable bonds is 1. The number of aliphatic hydroxyl groups excluding tert-OH is 2. The molecule has 4 heteroatoms. The number of allylic oxidation sites excluding steroid dienone is 1. The topological polar surface area (TPSA) is 66.8 Å². The van der Waals surface area contributed by atoms with E-state index in [1.807, 2.05) is 0 Å². The standard InChI is InChI=1S/C32H50O4/c1-18-19(2)26-21-16-22(34)27-30(7)12-11-25(36-20(3)33)28(4,5)24(30)10-13-32(27,9)31(21,8)15-14-29(26,6)17-23(18)35/h16,19,22-27,34-35H,1,10-15,17H2,2-9H3/t19-,22-,23-,24+,25+,26-,27-,29+,30+,31-,32-/m1/s1. The zero-order valence-electron chi connectivity index (χ0n) is 24.0. The summed E-state index contributed by atoms with van der Waals surface area (Å²) in [5.74, 6) is 0.913. The van der Waals surface area contributed by atoms with Crippen molar-refractivity contribution in [3.8, 4) is 0 Å². The smallest absolute Gasteiger partial charge is 0.302 e. The van der Waals surface area contributed by atoms with Gasteiger partial charge in [0, 0.05) is 18.3 Å². The van der Waals surface area contributed by atoms with E-state index in [0.717, 1.165) is 50.5 Å². The Labute approximate surface area is 219 Å². The lowest BCUT2D eigenvalue weighted by atomic mass is 9.33. The maximum atomic E-state index is 12.1. The molecule has 202 valence electrons. The Bertz CT molecular complexity index is 996. The molecule has 0 spiro atoms. The molecule has 2 N–H and O–H groups in total. The molecule has 0 saturated heterocycles. The minimum Gasteiger partial charge on any atom is -0.462 e. The summed E-state index contributed by atoms with van der Waals surface area (Å²) in [7, 11) is 0. The molecular weight excluding hydrogens is 448 g/mol. The minimum atomic E-state index is -0.485. The predicted octanol–water partition coefficient (Wildman–Crippen LogP) is 6.46. The first-order chi connectivity index (χ1) is 16.5. The zero-order valence-corrected chi connectivity index (χ0v) is 24.0. The van der Waals surface area contributed by atoms with Crippen LogP contribution in [0.2, 0.25) is 0 Å². The van der Waals surface area contributed by atoms with Gasteiger partial charge in [0.1, 0.15) is 6.10 Å². The lowest BCUT2D eigenvalue weighted by molar-refractivity contribution is -0.229. The van der Waals surface area contributed by atoms with Crippen LogP contribution in [-0.2, 0) is 9.53 Å². The molecule has 11 atom stereocenters. The van der Waals surface area contributed by atoms with Gasteiger partial charge in [-0.25, -0.2) is 0 Å². The number of carbonyl (C=O) groups is 1. The lowest BCUT2D eigenvalue weighted by Gasteiger charge is -2.72. The zero-order chi connectivity index (χ0) is 26.6. The number of hydrogen-bond donors (Lipinski definition) is 2. The SMILES string of the molecule is C=C1[C@H](O)C[C@]2(C)CC[C@]3(C)C(=C[C@@H](O)[C@@H]4[C@@]5(C)CC[C@H](OC(C)=O)C(C)(C)[C@@H]5CC[C@]43C)[C@H]2[C@@H]1C. The molecule has 0 unspecified atom stereocenters. The summed E-state index contributed by atoms with van der Waals surface area (Å²) in [6.07, 6.45) is 8.33. The first kappa shape index (κ1) is 26.5. The third-order valence-electron chi connectivity index (χ3n) is 13.2. The van der Waals surface area contributed by atoms with Crippen LogP contribution in [0.4, 0.5) is 0 Å². The highest BCUT2D eigenvalue weighted by Gasteiger charge is 2.70. The van der Waals surface area contributed by atoms with Gasteiger partial charge in [-0.15, -0.1) is 0 Å². The molecule has 0 radical (unpaired) electrons. The van der Waals surface area contributed by atoms with Gasteiger partial charge in [0.2, 0.25) is 0 Å². The number of ether oxygens (including phenoxy) is 1. The van der Waals surface area contributed by atoms with Crippen LogP contribution in [-0.4, -0.2) is 34.5 Å². The van der Waals surface area contributed by atoms with E-state index in [9.17, 15) is 15.0 Å². The van der Waals surface area contributed by atoms with E-state index in [1.54, 1.807) is 0 Å². The molecule has 4 nitrogen and oxygen atoms in total. The van der Waals surface area contributed by atoms with Crippen molar-refractivity contribution >= 4 is 5.97 Å². The van der Waals surface area contributed by atoms with Crippen molar-refractivity contribution in [1.82, 2.24) is 0 Å². The first-order valence-corrected chi connectivity index (χ1v) is 14.5. The van der Waals surface area contributed by atoms with E-state index in [0.29, 0.717) is 11.8 Å². The van der Waals surface area contributed by atoms with E-state index in [2.05, 4.69) is 61.1 Å². The molecular formula is C32H50O4. The Morgan fingerprint density at radius 2 is 1.69 bits per heavy atom. The number of aliphatic hydroxyl groups is 2. The van der Waals surface area contributed by atoms with Crippen LogP contribution in [0, 0.1) is 50.7 Å². The van der Waals surface area contributed by atoms with E-state index in [-0.39, 0.29) is 51.0 Å². The van der Waals surface area contributed by atoms with Crippen molar-refractivity contribution in [3.05, 3.63) is 23.8 Å². The van der Waals surface area contributed by atoms with Crippen molar-refractivity contribution in [1.29, 1.82) is 0 Å². The summed E-state index contributed by atoms with van der Waals surface area (Å²) in [4.78, 5) is 11.9. The summed E-state index contributed by atoms with van der Waals surface area (Å²) < 4.78 is 5.85. The number of esters is 1. The number of carbonyl (C=O) groups excluding carboxylic acids is 1. The molecule has 4 fully saturated rings. The summed E-state index contributed by atoms with van der Waals surface area (Å²) in [6.45, 7) is 22.4. The van der Waals surface area contributed by atoms with E-state index in [4.69, 9.17) is 4.74 Å². The van der Waals surface area contributed by atoms with Crippen LogP contribution in [0.3, 0.4) is 0 Å². The quantitative estimate of drug-likeness (QED) is 0.322. The molecule has 5 rings (SSSR count). The maximum Gasteiger partial charge on any atom is 0.302 e. The van der Waals surface area contributed by atoms with Gasteiger partial charge in [0.25, 0.3) is 0 Å². The monoisotopic (exact) mass is 498 g/mol. The van der Waals surface area contributed by atoms with E-state index >= 15 is 0 Å². The fourth-order valence-electron chi connectivity index (χ4n) is 11.2. The van der Waals surface area contributed by atoms with Crippen LogP contribution < -0.4 is 0 Å². The first-order valence-electron chi connectivity index (χ1n) is 14.5. The highest BCUT2D eigenvalue weighted by atomic mass is 16.5. The Kier molecular flexibility index (Phi) is 5.84. The number of fused-ring (bicyclic) bond motifs is 7. The fraction of sp³-hybridized carbons (Fsp3) is 0.844. The molecule has 0 aromatic heterocycles. The highest BCUT2D eigenvalue weighted by molar-refractivity contribution is 5.66. The Hall–Kier alpha value is -1.13. The van der Waals surface area contributed by atoms with Gasteiger partial charge in [-0.2, -0.15) is 0 Å². The summed E-state index contributed by atoms with van der Waals surface area (Å²) >= 11 is 0.